The minimum atomic E-state index is -0.696. The molecule has 0 unspecified atom stereocenters. The summed E-state index contributed by atoms with van der Waals surface area (Å²) in [5.74, 6) is -1.98. The van der Waals surface area contributed by atoms with Crippen LogP contribution in [0.5, 0.6) is 0 Å². The molecule has 1 aliphatic heterocycles. The number of esters is 1. The van der Waals surface area contributed by atoms with Crippen molar-refractivity contribution in [2.75, 3.05) is 18.5 Å². The molecule has 1 fully saturated rings. The van der Waals surface area contributed by atoms with Gasteiger partial charge in [-0.15, -0.1) is 11.3 Å². The number of nitrogens with one attached hydrogen (secondary N) is 1. The number of nitrogens with two attached hydrogens (primary N) is 1. The second-order valence-electron chi connectivity index (χ2n) is 6.59. The van der Waals surface area contributed by atoms with Gasteiger partial charge in [0.1, 0.15) is 6.04 Å². The quantitative estimate of drug-likeness (QED) is 0.700. The Hall–Kier alpha value is -3.20. The van der Waals surface area contributed by atoms with Crippen LogP contribution in [-0.2, 0) is 14.3 Å². The van der Waals surface area contributed by atoms with Gasteiger partial charge < -0.3 is 20.7 Å². The molecule has 152 valence electrons. The van der Waals surface area contributed by atoms with E-state index in [1.165, 1.54) is 28.4 Å². The Morgan fingerprint density at radius 2 is 2.00 bits per heavy atom. The molecule has 0 spiro atoms. The van der Waals surface area contributed by atoms with E-state index in [0.717, 1.165) is 12.8 Å². The Balaban J connectivity index is 1.58. The van der Waals surface area contributed by atoms with Crippen molar-refractivity contribution in [1.29, 1.82) is 0 Å². The first-order chi connectivity index (χ1) is 14.0. The molecule has 0 bridgehead atoms. The number of hydrogen-bond donors (Lipinski definition) is 2. The molecule has 2 heterocycles. The molecular formula is C20H21N3O5S. The van der Waals surface area contributed by atoms with Gasteiger partial charge in [0.15, 0.2) is 6.61 Å². The van der Waals surface area contributed by atoms with E-state index in [1.54, 1.807) is 29.6 Å². The van der Waals surface area contributed by atoms with Crippen molar-refractivity contribution in [3.05, 3.63) is 52.2 Å². The zero-order valence-electron chi connectivity index (χ0n) is 15.6. The molecule has 0 radical (unpaired) electrons. The monoisotopic (exact) mass is 415 g/mol. The summed E-state index contributed by atoms with van der Waals surface area (Å²) in [6, 6.07) is 9.07. The zero-order chi connectivity index (χ0) is 20.8. The van der Waals surface area contributed by atoms with Crippen LogP contribution in [0.3, 0.4) is 0 Å². The summed E-state index contributed by atoms with van der Waals surface area (Å²) in [4.78, 5) is 50.3. The van der Waals surface area contributed by atoms with Crippen LogP contribution < -0.4 is 11.1 Å². The summed E-state index contributed by atoms with van der Waals surface area (Å²) in [7, 11) is 0. The number of carbonyl (C=O) groups is 4. The van der Waals surface area contributed by atoms with E-state index in [1.807, 2.05) is 0 Å². The summed E-state index contributed by atoms with van der Waals surface area (Å²) >= 11 is 1.31. The lowest BCUT2D eigenvalue weighted by Gasteiger charge is -2.33. The third-order valence-electron chi connectivity index (χ3n) is 4.58. The third-order valence-corrected chi connectivity index (χ3v) is 5.45. The standard InChI is InChI=1S/C20H21N3O5S/c21-18(25)15-7-1-2-9-23(15)17(24)12-28-20(27)13-5-3-6-14(11-13)22-19(26)16-8-4-10-29-16/h3-6,8,10-11,15H,1-2,7,9,12H2,(H2,21,25)(H,22,26)/t15-/m0/s1. The highest BCUT2D eigenvalue weighted by atomic mass is 32.1. The van der Waals surface area contributed by atoms with E-state index in [4.69, 9.17) is 10.5 Å². The van der Waals surface area contributed by atoms with Crippen LogP contribution in [0.1, 0.15) is 39.3 Å². The van der Waals surface area contributed by atoms with Crippen molar-refractivity contribution in [3.63, 3.8) is 0 Å². The first-order valence-electron chi connectivity index (χ1n) is 9.16. The normalized spacial score (nSPS) is 16.1. The maximum atomic E-state index is 12.4. The molecule has 3 N–H and O–H groups in total. The highest BCUT2D eigenvalue weighted by molar-refractivity contribution is 7.12. The molecule has 3 rings (SSSR count). The van der Waals surface area contributed by atoms with Crippen LogP contribution >= 0.6 is 11.3 Å². The molecule has 29 heavy (non-hydrogen) atoms. The van der Waals surface area contributed by atoms with Crippen molar-refractivity contribution >= 4 is 40.7 Å². The van der Waals surface area contributed by atoms with E-state index in [9.17, 15) is 19.2 Å². The van der Waals surface area contributed by atoms with Gasteiger partial charge in [0.05, 0.1) is 10.4 Å². The maximum Gasteiger partial charge on any atom is 0.338 e. The van der Waals surface area contributed by atoms with Crippen LogP contribution in [0.4, 0.5) is 5.69 Å². The second-order valence-corrected chi connectivity index (χ2v) is 7.54. The number of rotatable bonds is 6. The minimum absolute atomic E-state index is 0.201. The van der Waals surface area contributed by atoms with Crippen LogP contribution in [0.2, 0.25) is 0 Å². The molecule has 1 atom stereocenters. The van der Waals surface area contributed by atoms with Crippen molar-refractivity contribution in [1.82, 2.24) is 4.90 Å². The number of likely N-dealkylation sites (tertiary alicyclic amines) is 1. The fraction of sp³-hybridized carbons (Fsp3) is 0.300. The lowest BCUT2D eigenvalue weighted by atomic mass is 10.0. The molecule has 1 aliphatic rings. The minimum Gasteiger partial charge on any atom is -0.452 e. The van der Waals surface area contributed by atoms with E-state index in [-0.39, 0.29) is 11.5 Å². The van der Waals surface area contributed by atoms with Gasteiger partial charge in [-0.1, -0.05) is 12.1 Å². The molecule has 2 aromatic rings. The van der Waals surface area contributed by atoms with Gasteiger partial charge in [0.25, 0.3) is 11.8 Å². The number of anilines is 1. The van der Waals surface area contributed by atoms with Gasteiger partial charge in [-0.3, -0.25) is 14.4 Å². The largest absolute Gasteiger partial charge is 0.452 e. The third kappa shape index (κ3) is 5.20. The van der Waals surface area contributed by atoms with Crippen LogP contribution in [-0.4, -0.2) is 47.8 Å². The first kappa shape index (κ1) is 20.5. The molecule has 1 aromatic carbocycles. The first-order valence-corrected chi connectivity index (χ1v) is 10.0. The van der Waals surface area contributed by atoms with Crippen molar-refractivity contribution in [2.45, 2.75) is 25.3 Å². The summed E-state index contributed by atoms with van der Waals surface area (Å²) in [5.41, 5.74) is 6.00. The average molecular weight is 415 g/mol. The smallest absolute Gasteiger partial charge is 0.338 e. The average Bonchev–Trinajstić information content (AvgIpc) is 3.27. The molecule has 8 nitrogen and oxygen atoms in total. The molecular weight excluding hydrogens is 394 g/mol. The number of piperidine rings is 1. The second kappa shape index (κ2) is 9.33. The summed E-state index contributed by atoms with van der Waals surface area (Å²) in [6.07, 6.45) is 2.11. The van der Waals surface area contributed by atoms with E-state index in [2.05, 4.69) is 5.32 Å². The highest BCUT2D eigenvalue weighted by Crippen LogP contribution is 2.18. The van der Waals surface area contributed by atoms with Crippen molar-refractivity contribution in [2.24, 2.45) is 5.73 Å². The molecule has 9 heteroatoms. The number of thiophene rings is 1. The van der Waals surface area contributed by atoms with Gasteiger partial charge in [-0.25, -0.2) is 4.79 Å². The Morgan fingerprint density at radius 1 is 1.17 bits per heavy atom. The summed E-state index contributed by atoms with van der Waals surface area (Å²) < 4.78 is 5.11. The van der Waals surface area contributed by atoms with E-state index >= 15 is 0 Å². The van der Waals surface area contributed by atoms with Gasteiger partial charge in [0.2, 0.25) is 5.91 Å². The van der Waals surface area contributed by atoms with Crippen LogP contribution in [0.15, 0.2) is 41.8 Å². The SMILES string of the molecule is NC(=O)[C@@H]1CCCCN1C(=O)COC(=O)c1cccc(NC(=O)c2cccs2)c1. The van der Waals surface area contributed by atoms with Gasteiger partial charge >= 0.3 is 5.97 Å². The lowest BCUT2D eigenvalue weighted by Crippen LogP contribution is -2.51. The Bertz CT molecular complexity index is 913. The topological polar surface area (TPSA) is 119 Å². The number of carbonyl (C=O) groups excluding carboxylic acids is 4. The zero-order valence-corrected chi connectivity index (χ0v) is 16.4. The number of ether oxygens (including phenoxy) is 1. The van der Waals surface area contributed by atoms with Gasteiger partial charge in [0, 0.05) is 12.2 Å². The number of hydrogen-bond acceptors (Lipinski definition) is 6. The highest BCUT2D eigenvalue weighted by Gasteiger charge is 2.31. The predicted octanol–water partition coefficient (Wildman–Crippen LogP) is 2.02. The lowest BCUT2D eigenvalue weighted by molar-refractivity contribution is -0.143. The van der Waals surface area contributed by atoms with Crippen molar-refractivity contribution < 1.29 is 23.9 Å². The summed E-state index contributed by atoms with van der Waals surface area (Å²) in [6.45, 7) is -0.0668. The van der Waals surface area contributed by atoms with E-state index < -0.39 is 30.4 Å². The Kier molecular flexibility index (Phi) is 6.61. The van der Waals surface area contributed by atoms with Gasteiger partial charge in [-0.05, 0) is 48.9 Å². The number of amides is 3. The molecule has 1 aromatic heterocycles. The van der Waals surface area contributed by atoms with Gasteiger partial charge in [-0.2, -0.15) is 0 Å². The molecule has 3 amide bonds. The predicted molar refractivity (Wildman–Crippen MR) is 108 cm³/mol. The summed E-state index contributed by atoms with van der Waals surface area (Å²) in [5, 5.41) is 4.51. The molecule has 1 saturated heterocycles. The Labute approximate surface area is 171 Å². The number of benzene rings is 1. The Morgan fingerprint density at radius 3 is 2.72 bits per heavy atom. The van der Waals surface area contributed by atoms with Crippen LogP contribution in [0.25, 0.3) is 0 Å². The van der Waals surface area contributed by atoms with Crippen LogP contribution in [0, 0.1) is 0 Å². The maximum absolute atomic E-state index is 12.4. The fourth-order valence-corrected chi connectivity index (χ4v) is 3.76. The molecule has 0 saturated carbocycles. The molecule has 0 aliphatic carbocycles. The number of nitrogens with zero attached hydrogens (tertiary/aromatic N) is 1. The number of primary amides is 1. The fourth-order valence-electron chi connectivity index (χ4n) is 3.14. The van der Waals surface area contributed by atoms with Crippen molar-refractivity contribution in [3.8, 4) is 0 Å². The van der Waals surface area contributed by atoms with E-state index in [0.29, 0.717) is 23.5 Å².